The first-order valence-corrected chi connectivity index (χ1v) is 6.34. The molecule has 104 valence electrons. The number of rotatable bonds is 2. The van der Waals surface area contributed by atoms with Crippen LogP contribution in [-0.4, -0.2) is 11.0 Å². The average molecular weight is 278 g/mol. The molecule has 2 N–H and O–H groups in total. The molecule has 0 spiro atoms. The van der Waals surface area contributed by atoms with Crippen LogP contribution in [-0.2, 0) is 6.18 Å². The number of pyridine rings is 1. The molecule has 2 aromatic rings. The fourth-order valence-corrected chi connectivity index (χ4v) is 2.22. The van der Waals surface area contributed by atoms with Crippen molar-refractivity contribution in [2.24, 2.45) is 5.73 Å². The van der Waals surface area contributed by atoms with E-state index in [4.69, 9.17) is 5.73 Å². The van der Waals surface area contributed by atoms with E-state index in [1.54, 1.807) is 6.20 Å². The number of alkyl halides is 3. The van der Waals surface area contributed by atoms with Crippen molar-refractivity contribution in [2.75, 3.05) is 0 Å². The van der Waals surface area contributed by atoms with Crippen molar-refractivity contribution < 1.29 is 13.2 Å². The number of hydrogen-bond acceptors (Lipinski definition) is 2. The lowest BCUT2D eigenvalue weighted by molar-refractivity contribution is -0.137. The summed E-state index contributed by atoms with van der Waals surface area (Å²) < 4.78 is 37.4. The van der Waals surface area contributed by atoms with Crippen LogP contribution in [0.15, 0.2) is 42.6 Å². The second-order valence-corrected chi connectivity index (χ2v) is 5.06. The topological polar surface area (TPSA) is 38.9 Å². The molecule has 2 atom stereocenters. The van der Waals surface area contributed by atoms with Gasteiger partial charge in [-0.2, -0.15) is 13.2 Å². The van der Waals surface area contributed by atoms with Crippen LogP contribution in [0.2, 0.25) is 0 Å². The molecule has 1 saturated carbocycles. The van der Waals surface area contributed by atoms with Crippen LogP contribution in [0, 0.1) is 0 Å². The second kappa shape index (κ2) is 4.59. The monoisotopic (exact) mass is 278 g/mol. The number of nitrogens with zero attached hydrogens (tertiary/aromatic N) is 1. The largest absolute Gasteiger partial charge is 0.416 e. The Morgan fingerprint density at radius 1 is 1.05 bits per heavy atom. The fraction of sp³-hybridized carbons (Fsp3) is 0.267. The molecule has 2 nitrogen and oxygen atoms in total. The maximum Gasteiger partial charge on any atom is 0.416 e. The first-order chi connectivity index (χ1) is 9.45. The minimum absolute atomic E-state index is 0.216. The van der Waals surface area contributed by atoms with Gasteiger partial charge in [-0.25, -0.2) is 0 Å². The van der Waals surface area contributed by atoms with E-state index >= 15 is 0 Å². The maximum atomic E-state index is 12.5. The van der Waals surface area contributed by atoms with Crippen LogP contribution in [0.1, 0.15) is 23.5 Å². The van der Waals surface area contributed by atoms with Gasteiger partial charge in [0.25, 0.3) is 0 Å². The highest BCUT2D eigenvalue weighted by Crippen LogP contribution is 2.39. The molecule has 1 aromatic heterocycles. The van der Waals surface area contributed by atoms with Gasteiger partial charge >= 0.3 is 6.18 Å². The average Bonchev–Trinajstić information content (AvgIpc) is 3.15. The first-order valence-electron chi connectivity index (χ1n) is 6.34. The van der Waals surface area contributed by atoms with Crippen LogP contribution in [0.4, 0.5) is 13.2 Å². The molecule has 0 bridgehead atoms. The highest BCUT2D eigenvalue weighted by Gasteiger charge is 2.35. The Bertz CT molecular complexity index is 603. The van der Waals surface area contributed by atoms with Crippen LogP contribution < -0.4 is 5.73 Å². The molecular formula is C15H13F3N2. The van der Waals surface area contributed by atoms with Gasteiger partial charge in [0.1, 0.15) is 0 Å². The van der Waals surface area contributed by atoms with Crippen molar-refractivity contribution in [3.05, 3.63) is 53.7 Å². The molecule has 0 saturated heterocycles. The highest BCUT2D eigenvalue weighted by atomic mass is 19.4. The zero-order chi connectivity index (χ0) is 14.3. The quantitative estimate of drug-likeness (QED) is 0.911. The van der Waals surface area contributed by atoms with Crippen LogP contribution >= 0.6 is 0 Å². The molecule has 1 aromatic carbocycles. The van der Waals surface area contributed by atoms with E-state index in [9.17, 15) is 13.2 Å². The lowest BCUT2D eigenvalue weighted by Crippen LogP contribution is -2.04. The third-order valence-corrected chi connectivity index (χ3v) is 3.56. The number of hydrogen-bond donors (Lipinski definition) is 1. The van der Waals surface area contributed by atoms with E-state index in [1.807, 2.05) is 12.1 Å². The smallest absolute Gasteiger partial charge is 0.327 e. The molecular weight excluding hydrogens is 265 g/mol. The van der Waals surface area contributed by atoms with Gasteiger partial charge in [-0.05, 0) is 30.2 Å². The third kappa shape index (κ3) is 2.54. The molecule has 1 fully saturated rings. The summed E-state index contributed by atoms with van der Waals surface area (Å²) in [5.41, 5.74) is 7.55. The lowest BCUT2D eigenvalue weighted by Gasteiger charge is -2.07. The second-order valence-electron chi connectivity index (χ2n) is 5.06. The third-order valence-electron chi connectivity index (χ3n) is 3.56. The molecule has 0 radical (unpaired) electrons. The van der Waals surface area contributed by atoms with Crippen molar-refractivity contribution in [3.63, 3.8) is 0 Å². The normalized spacial score (nSPS) is 21.8. The molecule has 0 aliphatic heterocycles. The van der Waals surface area contributed by atoms with Crippen LogP contribution in [0.3, 0.4) is 0 Å². The Kier molecular flexibility index (Phi) is 3.01. The molecule has 1 aliphatic carbocycles. The minimum Gasteiger partial charge on any atom is -0.327 e. The van der Waals surface area contributed by atoms with Gasteiger partial charge in [0.15, 0.2) is 0 Å². The Morgan fingerprint density at radius 2 is 1.70 bits per heavy atom. The fourth-order valence-electron chi connectivity index (χ4n) is 2.22. The summed E-state index contributed by atoms with van der Waals surface area (Å²) in [5, 5.41) is 0. The molecule has 1 heterocycles. The van der Waals surface area contributed by atoms with Gasteiger partial charge in [-0.15, -0.1) is 0 Å². The molecule has 1 aliphatic rings. The Hall–Kier alpha value is -1.88. The number of nitrogens with two attached hydrogens (primary N) is 1. The van der Waals surface area contributed by atoms with E-state index in [-0.39, 0.29) is 6.04 Å². The van der Waals surface area contributed by atoms with Gasteiger partial charge in [0.2, 0.25) is 0 Å². The number of aromatic nitrogens is 1. The van der Waals surface area contributed by atoms with Crippen LogP contribution in [0.25, 0.3) is 11.3 Å². The summed E-state index contributed by atoms with van der Waals surface area (Å²) in [7, 11) is 0. The van der Waals surface area contributed by atoms with Crippen LogP contribution in [0.5, 0.6) is 0 Å². The van der Waals surface area contributed by atoms with Gasteiger partial charge in [0.05, 0.1) is 11.3 Å². The zero-order valence-electron chi connectivity index (χ0n) is 10.6. The molecule has 20 heavy (non-hydrogen) atoms. The van der Waals surface area contributed by atoms with Crippen molar-refractivity contribution in [3.8, 4) is 11.3 Å². The number of benzene rings is 1. The van der Waals surface area contributed by atoms with Gasteiger partial charge in [0, 0.05) is 23.7 Å². The van der Waals surface area contributed by atoms with Gasteiger partial charge in [-0.1, -0.05) is 18.2 Å². The predicted octanol–water partition coefficient (Wildman–Crippen LogP) is 3.58. The molecule has 5 heteroatoms. The van der Waals surface area contributed by atoms with Crippen molar-refractivity contribution in [1.82, 2.24) is 4.98 Å². The van der Waals surface area contributed by atoms with Crippen molar-refractivity contribution in [1.29, 1.82) is 0 Å². The summed E-state index contributed by atoms with van der Waals surface area (Å²) in [6, 6.07) is 9.00. The Balaban J connectivity index is 1.82. The SMILES string of the molecule is N[C@H]1C[C@H]1c1ccc(-c2ccc(C(F)(F)F)cc2)nc1. The highest BCUT2D eigenvalue weighted by molar-refractivity contribution is 5.59. The van der Waals surface area contributed by atoms with E-state index in [0.29, 0.717) is 17.2 Å². The van der Waals surface area contributed by atoms with Crippen molar-refractivity contribution >= 4 is 0 Å². The first kappa shape index (κ1) is 13.1. The Labute approximate surface area is 114 Å². The summed E-state index contributed by atoms with van der Waals surface area (Å²) in [5.74, 6) is 0.379. The predicted molar refractivity (Wildman–Crippen MR) is 70.0 cm³/mol. The summed E-state index contributed by atoms with van der Waals surface area (Å²) in [6.07, 6.45) is -1.58. The van der Waals surface area contributed by atoms with E-state index in [2.05, 4.69) is 4.98 Å². The molecule has 0 unspecified atom stereocenters. The van der Waals surface area contributed by atoms with E-state index in [0.717, 1.165) is 24.1 Å². The molecule has 0 amide bonds. The summed E-state index contributed by atoms with van der Waals surface area (Å²) in [4.78, 5) is 4.30. The number of halogens is 3. The maximum absolute atomic E-state index is 12.5. The minimum atomic E-state index is -4.31. The lowest BCUT2D eigenvalue weighted by atomic mass is 10.1. The van der Waals surface area contributed by atoms with Gasteiger partial charge < -0.3 is 5.73 Å². The zero-order valence-corrected chi connectivity index (χ0v) is 10.6. The van der Waals surface area contributed by atoms with E-state index < -0.39 is 11.7 Å². The van der Waals surface area contributed by atoms with E-state index in [1.165, 1.54) is 12.1 Å². The van der Waals surface area contributed by atoms with Crippen molar-refractivity contribution in [2.45, 2.75) is 24.6 Å². The molecule has 3 rings (SSSR count). The summed E-state index contributed by atoms with van der Waals surface area (Å²) in [6.45, 7) is 0. The standard InChI is InChI=1S/C15H13F3N2/c16-15(17,18)11-4-1-9(2-5-11)14-6-3-10(8-20-14)12-7-13(12)19/h1-6,8,12-13H,7,19H2/t12-,13-/m0/s1. The summed E-state index contributed by atoms with van der Waals surface area (Å²) >= 11 is 0. The van der Waals surface area contributed by atoms with Gasteiger partial charge in [-0.3, -0.25) is 4.98 Å². The Morgan fingerprint density at radius 3 is 2.15 bits per heavy atom.